The monoisotopic (exact) mass is 352 g/mol. The predicted octanol–water partition coefficient (Wildman–Crippen LogP) is 7.14. The lowest BCUT2D eigenvalue weighted by Gasteiger charge is -2.28. The van der Waals surface area contributed by atoms with Gasteiger partial charge in [-0.1, -0.05) is 49.8 Å². The highest BCUT2D eigenvalue weighted by molar-refractivity contribution is 5.84. The molecule has 2 aromatic rings. The van der Waals surface area contributed by atoms with Crippen molar-refractivity contribution in [2.24, 2.45) is 5.92 Å². The van der Waals surface area contributed by atoms with Crippen LogP contribution in [0.25, 0.3) is 11.6 Å². The molecular weight excluding hydrogens is 326 g/mol. The molecule has 2 aliphatic carbocycles. The van der Waals surface area contributed by atoms with Crippen LogP contribution in [0.2, 0.25) is 0 Å². The molecule has 0 unspecified atom stereocenters. The topological polar surface area (TPSA) is 0 Å². The minimum Gasteiger partial charge on any atom is -0.204 e. The minimum absolute atomic E-state index is 0.512. The van der Waals surface area contributed by atoms with E-state index in [0.717, 1.165) is 17.9 Å². The van der Waals surface area contributed by atoms with Crippen molar-refractivity contribution in [1.29, 1.82) is 0 Å². The molecule has 0 saturated heterocycles. The first-order valence-corrected chi connectivity index (χ1v) is 9.93. The maximum atomic E-state index is 13.9. The van der Waals surface area contributed by atoms with Gasteiger partial charge in [-0.3, -0.25) is 0 Å². The normalized spacial score (nSPS) is 22.7. The summed E-state index contributed by atoms with van der Waals surface area (Å²) in [5.41, 5.74) is 5.19. The molecule has 136 valence electrons. The Morgan fingerprint density at radius 2 is 1.62 bits per heavy atom. The van der Waals surface area contributed by atoms with Crippen LogP contribution in [0, 0.1) is 17.6 Å². The van der Waals surface area contributed by atoms with E-state index in [9.17, 15) is 8.78 Å². The second kappa shape index (κ2) is 7.34. The summed E-state index contributed by atoms with van der Waals surface area (Å²) < 4.78 is 27.3. The summed E-state index contributed by atoms with van der Waals surface area (Å²) in [6.07, 6.45) is 9.97. The van der Waals surface area contributed by atoms with Gasteiger partial charge in [0.15, 0.2) is 11.6 Å². The van der Waals surface area contributed by atoms with Gasteiger partial charge in [-0.05, 0) is 84.3 Å². The molecule has 0 nitrogen and oxygen atoms in total. The zero-order valence-corrected chi connectivity index (χ0v) is 15.4. The Bertz CT molecular complexity index is 809. The van der Waals surface area contributed by atoms with Crippen molar-refractivity contribution in [2.75, 3.05) is 0 Å². The summed E-state index contributed by atoms with van der Waals surface area (Å²) in [5, 5.41) is 0. The molecule has 1 saturated carbocycles. The van der Waals surface area contributed by atoms with Crippen molar-refractivity contribution < 1.29 is 8.78 Å². The lowest BCUT2D eigenvalue weighted by molar-refractivity contribution is 0.319. The Morgan fingerprint density at radius 1 is 0.885 bits per heavy atom. The Morgan fingerprint density at radius 3 is 2.31 bits per heavy atom. The highest BCUT2D eigenvalue weighted by Crippen LogP contribution is 2.38. The zero-order chi connectivity index (χ0) is 18.1. The van der Waals surface area contributed by atoms with Crippen LogP contribution in [0.1, 0.15) is 73.6 Å². The van der Waals surface area contributed by atoms with Crippen LogP contribution in [0.15, 0.2) is 36.4 Å². The SMILES string of the molecule is CCC1CCC(c2ccc(C3=Cc4ccc(F)c(F)c4CC3)cc2)CC1. The second-order valence-corrected chi connectivity index (χ2v) is 7.85. The highest BCUT2D eigenvalue weighted by atomic mass is 19.2. The van der Waals surface area contributed by atoms with Crippen molar-refractivity contribution in [3.63, 3.8) is 0 Å². The van der Waals surface area contributed by atoms with Gasteiger partial charge in [0.1, 0.15) is 0 Å². The van der Waals surface area contributed by atoms with E-state index in [1.54, 1.807) is 6.07 Å². The highest BCUT2D eigenvalue weighted by Gasteiger charge is 2.22. The van der Waals surface area contributed by atoms with E-state index in [0.29, 0.717) is 17.9 Å². The number of fused-ring (bicyclic) bond motifs is 1. The van der Waals surface area contributed by atoms with E-state index < -0.39 is 11.6 Å². The molecule has 0 radical (unpaired) electrons. The molecule has 0 spiro atoms. The maximum absolute atomic E-state index is 13.9. The van der Waals surface area contributed by atoms with E-state index >= 15 is 0 Å². The van der Waals surface area contributed by atoms with Crippen molar-refractivity contribution in [3.05, 3.63) is 70.3 Å². The van der Waals surface area contributed by atoms with Crippen LogP contribution < -0.4 is 0 Å². The Balaban J connectivity index is 1.52. The summed E-state index contributed by atoms with van der Waals surface area (Å²) in [5.74, 6) is 0.187. The quantitative estimate of drug-likeness (QED) is 0.551. The minimum atomic E-state index is -0.747. The third kappa shape index (κ3) is 3.34. The predicted molar refractivity (Wildman–Crippen MR) is 104 cm³/mol. The third-order valence-electron chi connectivity index (χ3n) is 6.38. The number of allylic oxidation sites excluding steroid dienone is 1. The lowest BCUT2D eigenvalue weighted by Crippen LogP contribution is -2.12. The fourth-order valence-corrected chi connectivity index (χ4v) is 4.62. The van der Waals surface area contributed by atoms with Crippen LogP contribution >= 0.6 is 0 Å². The van der Waals surface area contributed by atoms with Crippen LogP contribution in [-0.2, 0) is 6.42 Å². The molecule has 0 bridgehead atoms. The van der Waals surface area contributed by atoms with Gasteiger partial charge in [-0.15, -0.1) is 0 Å². The molecule has 2 heteroatoms. The first-order chi connectivity index (χ1) is 12.7. The first-order valence-electron chi connectivity index (χ1n) is 9.93. The number of hydrogen-bond donors (Lipinski definition) is 0. The molecule has 1 fully saturated rings. The molecular formula is C24H26F2. The van der Waals surface area contributed by atoms with Gasteiger partial charge in [-0.25, -0.2) is 8.78 Å². The van der Waals surface area contributed by atoms with E-state index in [1.807, 2.05) is 6.08 Å². The van der Waals surface area contributed by atoms with Crippen molar-refractivity contribution in [1.82, 2.24) is 0 Å². The number of halogens is 2. The van der Waals surface area contributed by atoms with Crippen molar-refractivity contribution >= 4 is 11.6 Å². The maximum Gasteiger partial charge on any atom is 0.162 e. The van der Waals surface area contributed by atoms with E-state index in [-0.39, 0.29) is 0 Å². The molecule has 0 atom stereocenters. The van der Waals surface area contributed by atoms with E-state index in [2.05, 4.69) is 31.2 Å². The van der Waals surface area contributed by atoms with E-state index in [4.69, 9.17) is 0 Å². The summed E-state index contributed by atoms with van der Waals surface area (Å²) in [6, 6.07) is 11.9. The van der Waals surface area contributed by atoms with Crippen LogP contribution in [0.3, 0.4) is 0 Å². The molecule has 2 aliphatic rings. The smallest absolute Gasteiger partial charge is 0.162 e. The van der Waals surface area contributed by atoms with Gasteiger partial charge in [0.25, 0.3) is 0 Å². The molecule has 0 heterocycles. The third-order valence-corrected chi connectivity index (χ3v) is 6.38. The Hall–Kier alpha value is -1.96. The molecule has 0 aliphatic heterocycles. The Labute approximate surface area is 154 Å². The second-order valence-electron chi connectivity index (χ2n) is 7.85. The average Bonchev–Trinajstić information content (AvgIpc) is 2.71. The Kier molecular flexibility index (Phi) is 4.93. The van der Waals surface area contributed by atoms with Gasteiger partial charge in [0.05, 0.1) is 0 Å². The largest absolute Gasteiger partial charge is 0.204 e. The van der Waals surface area contributed by atoms with Gasteiger partial charge in [0, 0.05) is 0 Å². The number of rotatable bonds is 3. The summed E-state index contributed by atoms with van der Waals surface area (Å²) in [6.45, 7) is 2.30. The number of hydrogen-bond acceptors (Lipinski definition) is 0. The van der Waals surface area contributed by atoms with Crippen molar-refractivity contribution in [2.45, 2.75) is 57.8 Å². The summed E-state index contributed by atoms with van der Waals surface area (Å²) in [7, 11) is 0. The fraction of sp³-hybridized carbons (Fsp3) is 0.417. The first kappa shape index (κ1) is 17.5. The van der Waals surface area contributed by atoms with Gasteiger partial charge < -0.3 is 0 Å². The standard InChI is InChI=1S/C24H26F2/c1-2-16-3-5-17(6-4-16)18-7-9-19(10-8-18)20-11-13-22-21(15-20)12-14-23(25)24(22)26/h7-10,12,14-17H,2-6,11,13H2,1H3. The van der Waals surface area contributed by atoms with Gasteiger partial charge in [-0.2, -0.15) is 0 Å². The van der Waals surface area contributed by atoms with Crippen LogP contribution in [0.4, 0.5) is 8.78 Å². The summed E-state index contributed by atoms with van der Waals surface area (Å²) in [4.78, 5) is 0. The molecule has 4 rings (SSSR count). The van der Waals surface area contributed by atoms with E-state index in [1.165, 1.54) is 54.9 Å². The fourth-order valence-electron chi connectivity index (χ4n) is 4.62. The van der Waals surface area contributed by atoms with Crippen LogP contribution in [0.5, 0.6) is 0 Å². The summed E-state index contributed by atoms with van der Waals surface area (Å²) >= 11 is 0. The van der Waals surface area contributed by atoms with Gasteiger partial charge >= 0.3 is 0 Å². The van der Waals surface area contributed by atoms with Gasteiger partial charge in [0.2, 0.25) is 0 Å². The molecule has 0 amide bonds. The average molecular weight is 352 g/mol. The molecule has 2 aromatic carbocycles. The van der Waals surface area contributed by atoms with Crippen LogP contribution in [-0.4, -0.2) is 0 Å². The molecule has 0 N–H and O–H groups in total. The zero-order valence-electron chi connectivity index (χ0n) is 15.4. The van der Waals surface area contributed by atoms with Crippen molar-refractivity contribution in [3.8, 4) is 0 Å². The molecule has 26 heavy (non-hydrogen) atoms. The lowest BCUT2D eigenvalue weighted by atomic mass is 9.77. The molecule has 0 aromatic heterocycles. The number of benzene rings is 2.